The van der Waals surface area contributed by atoms with Crippen LogP contribution in [0.3, 0.4) is 0 Å². The highest BCUT2D eigenvalue weighted by Gasteiger charge is 2.41. The fourth-order valence-corrected chi connectivity index (χ4v) is 12.7. The Labute approximate surface area is 647 Å². The van der Waals surface area contributed by atoms with Gasteiger partial charge >= 0.3 is 6.03 Å². The summed E-state index contributed by atoms with van der Waals surface area (Å²) in [5.74, 6) is -12.2. The molecule has 0 unspecified atom stereocenters. The van der Waals surface area contributed by atoms with Crippen LogP contribution in [0.4, 0.5) is 10.5 Å². The third-order valence-electron chi connectivity index (χ3n) is 18.3. The summed E-state index contributed by atoms with van der Waals surface area (Å²) in [6, 6.07) is 11.6. The number of urea groups is 1. The topological polar surface area (TPSA) is 487 Å². The molecule has 33 nitrogen and oxygen atoms in total. The maximum absolute atomic E-state index is 15.2. The monoisotopic (exact) mass is 1550 g/mol. The van der Waals surface area contributed by atoms with Gasteiger partial charge in [0.25, 0.3) is 0 Å². The van der Waals surface area contributed by atoms with Gasteiger partial charge in [0.15, 0.2) is 0 Å². The summed E-state index contributed by atoms with van der Waals surface area (Å²) < 4.78 is 0. The highest BCUT2D eigenvalue weighted by Crippen LogP contribution is 2.23. The first-order valence-corrected chi connectivity index (χ1v) is 37.2. The molecule has 11 atom stereocenters. The minimum Gasteiger partial charge on any atom is -0.394 e. The lowest BCUT2D eigenvalue weighted by Crippen LogP contribution is -2.63. The Morgan fingerprint density at radius 1 is 0.577 bits per heavy atom. The summed E-state index contributed by atoms with van der Waals surface area (Å²) in [6.07, 6.45) is 3.15. The zero-order chi connectivity index (χ0) is 81.0. The molecule has 5 aromatic rings. The van der Waals surface area contributed by atoms with E-state index in [-0.39, 0.29) is 63.5 Å². The number of hydrogen-bond acceptors (Lipinski definition) is 18. The van der Waals surface area contributed by atoms with Crippen LogP contribution in [0.15, 0.2) is 116 Å². The zero-order valence-electron chi connectivity index (χ0n) is 63.0. The molecule has 2 aliphatic rings. The maximum Gasteiger partial charge on any atom is 0.322 e. The van der Waals surface area contributed by atoms with Gasteiger partial charge in [-0.1, -0.05) is 112 Å². The Hall–Kier alpha value is -11.4. The minimum absolute atomic E-state index is 0.00123. The van der Waals surface area contributed by atoms with Crippen LogP contribution >= 0.6 is 11.6 Å². The zero-order valence-corrected chi connectivity index (χ0v) is 63.8. The Bertz CT molecular complexity index is 4140. The molecule has 0 saturated carbocycles. The number of nitrogens with zero attached hydrogens (tertiary/aromatic N) is 2. The van der Waals surface area contributed by atoms with E-state index in [9.17, 15) is 67.4 Å². The standard InChI is InChI=1S/C77H100ClN17O16/c1-42(2)32-56(68(102)86-55(17-10-11-30-81-43(3)4)76(110)95-31-13-18-64(95)75(109)83-44(5)66(79)100)87-70(104)59(35-48-22-27-54(28-23-48)84-45(6)97)90-73(107)62(40-82-67(101)61-38-65(99)94-77(111)93-61)91-74(108)63(41-96)92-72(106)60(37-50-14-12-29-80-39-50)89-71(105)58(34-47-20-25-53(78)26-21-47)88-69(103)57(85-46(7)98)36-49-19-24-51-15-8-9-16-52(51)33-49/h8-9,12,14-16,19-29,33,39,42-44,55-64,81,96H,10-11,13,17-18,30-32,34-38,40-41H2,1-7H3,(H2,79,100)(H,82,101)(H,83,109)(H,84,97)(H,85,98)(H,86,102)(H,87,104)(H,88,103)(H,89,105)(H,90,107)(H,91,108)(H,92,106)(H2,93,94,99,111)/t44-,55+,56+,57-,58-,59-,60-,61+,62+,63+,64+/m1/s1. The Kier molecular flexibility index (Phi) is 33.2. The lowest BCUT2D eigenvalue weighted by Gasteiger charge is -2.31. The quantitative estimate of drug-likeness (QED) is 0.0228. The van der Waals surface area contributed by atoms with Crippen LogP contribution in [0.25, 0.3) is 10.8 Å². The summed E-state index contributed by atoms with van der Waals surface area (Å²) in [5.41, 5.74) is 7.73. The molecule has 34 heteroatoms. The average molecular weight is 1560 g/mol. The molecule has 2 aliphatic heterocycles. The Morgan fingerprint density at radius 3 is 1.68 bits per heavy atom. The molecule has 0 bridgehead atoms. The van der Waals surface area contributed by atoms with E-state index < -0.39 is 175 Å². The second kappa shape index (κ2) is 42.5. The van der Waals surface area contributed by atoms with Crippen LogP contribution in [0.1, 0.15) is 116 Å². The number of carbonyl (C=O) groups excluding carboxylic acids is 15. The molecule has 7 rings (SSSR count). The third-order valence-corrected chi connectivity index (χ3v) is 18.6. The number of benzene rings is 4. The SMILES string of the molecule is CC(=O)Nc1ccc(C[C@@H](NC(=O)[C@H](CNC(=O)[C@@H]2CC(=O)NC(=O)N2)NC(=O)[C@H](CO)NC(=O)[C@@H](Cc2cccnc2)NC(=O)[C@@H](Cc2ccc(Cl)cc2)NC(=O)[C@@H](Cc2ccc3ccccc3c2)NC(C)=O)C(=O)N[C@@H](CC(C)C)C(=O)N[C@@H](CCCCNC(C)C)C(=O)N2CCC[C@H]2C(=O)N[C@H](C)C(N)=O)cc1. The van der Waals surface area contributed by atoms with Gasteiger partial charge in [0.2, 0.25) is 82.7 Å². The number of amides is 16. The molecule has 2 saturated heterocycles. The minimum atomic E-state index is -1.99. The molecule has 0 aliphatic carbocycles. The number of anilines is 1. The lowest BCUT2D eigenvalue weighted by atomic mass is 9.99. The molecule has 0 radical (unpaired) electrons. The molecule has 111 heavy (non-hydrogen) atoms. The molecule has 1 aromatic heterocycles. The van der Waals surface area contributed by atoms with E-state index in [0.717, 1.165) is 10.8 Å². The molecule has 17 N–H and O–H groups in total. The highest BCUT2D eigenvalue weighted by molar-refractivity contribution is 6.30. The van der Waals surface area contributed by atoms with Gasteiger partial charge in [-0.25, -0.2) is 4.79 Å². The first kappa shape index (κ1) is 86.8. The number of fused-ring (bicyclic) bond motifs is 1. The third kappa shape index (κ3) is 27.9. The summed E-state index contributed by atoms with van der Waals surface area (Å²) in [7, 11) is 0. The van der Waals surface area contributed by atoms with E-state index >= 15 is 9.59 Å². The number of pyridine rings is 1. The van der Waals surface area contributed by atoms with E-state index in [1.54, 1.807) is 56.3 Å². The van der Waals surface area contributed by atoms with E-state index in [2.05, 4.69) is 74.1 Å². The van der Waals surface area contributed by atoms with Gasteiger partial charge < -0.3 is 84.9 Å². The van der Waals surface area contributed by atoms with Crippen LogP contribution in [0, 0.1) is 5.92 Å². The fraction of sp³-hybridized carbons (Fsp3) is 0.455. The van der Waals surface area contributed by atoms with Crippen molar-refractivity contribution in [1.29, 1.82) is 0 Å². The van der Waals surface area contributed by atoms with Gasteiger partial charge in [-0.05, 0) is 121 Å². The molecule has 0 spiro atoms. The van der Waals surface area contributed by atoms with Gasteiger partial charge in [-0.15, -0.1) is 0 Å². The molecule has 596 valence electrons. The molecular formula is C77H100ClN17O16. The number of aliphatic hydroxyl groups excluding tert-OH is 1. The number of aliphatic hydroxyl groups is 1. The van der Waals surface area contributed by atoms with Gasteiger partial charge in [0.05, 0.1) is 13.0 Å². The molecule has 4 aromatic carbocycles. The van der Waals surface area contributed by atoms with Crippen LogP contribution in [0.5, 0.6) is 0 Å². The van der Waals surface area contributed by atoms with Gasteiger partial charge in [0.1, 0.15) is 66.5 Å². The fourth-order valence-electron chi connectivity index (χ4n) is 12.6. The van der Waals surface area contributed by atoms with Crippen molar-refractivity contribution in [2.75, 3.05) is 31.6 Å². The van der Waals surface area contributed by atoms with Crippen molar-refractivity contribution >= 4 is 117 Å². The number of primary amides is 1. The first-order chi connectivity index (χ1) is 52.8. The normalized spacial score (nSPS) is 16.4. The smallest absolute Gasteiger partial charge is 0.322 e. The number of nitrogens with one attached hydrogen (secondary N) is 14. The van der Waals surface area contributed by atoms with Crippen molar-refractivity contribution in [1.82, 2.24) is 79.0 Å². The number of rotatable bonds is 40. The first-order valence-electron chi connectivity index (χ1n) is 36.8. The summed E-state index contributed by atoms with van der Waals surface area (Å²) in [4.78, 5) is 213. The van der Waals surface area contributed by atoms with E-state index in [4.69, 9.17) is 17.3 Å². The number of hydrogen-bond donors (Lipinski definition) is 16. The maximum atomic E-state index is 15.2. The molecule has 2 fully saturated rings. The van der Waals surface area contributed by atoms with Gasteiger partial charge in [-0.2, -0.15) is 0 Å². The van der Waals surface area contributed by atoms with Crippen molar-refractivity contribution < 1.29 is 77.0 Å². The number of imide groups is 1. The second-order valence-corrected chi connectivity index (χ2v) is 28.7. The van der Waals surface area contributed by atoms with Crippen LogP contribution in [-0.2, 0) is 92.8 Å². The summed E-state index contributed by atoms with van der Waals surface area (Å²) >= 11 is 6.24. The number of halogens is 1. The number of unbranched alkanes of at least 4 members (excludes halogenated alkanes) is 1. The van der Waals surface area contributed by atoms with Crippen LogP contribution < -0.4 is 80.2 Å². The van der Waals surface area contributed by atoms with Crippen molar-refractivity contribution in [2.45, 2.75) is 192 Å². The molecular weight excluding hydrogens is 1450 g/mol. The van der Waals surface area contributed by atoms with Gasteiger partial charge in [-0.3, -0.25) is 77.4 Å². The lowest BCUT2D eigenvalue weighted by molar-refractivity contribution is -0.142. The van der Waals surface area contributed by atoms with E-state index in [1.165, 1.54) is 62.3 Å². The number of nitrogens with two attached hydrogens (primary N) is 1. The molecule has 3 heterocycles. The molecule has 16 amide bonds. The summed E-state index contributed by atoms with van der Waals surface area (Å²) in [5, 5.41) is 49.5. The number of carbonyl (C=O) groups is 15. The van der Waals surface area contributed by atoms with Crippen molar-refractivity contribution in [2.24, 2.45) is 11.7 Å². The van der Waals surface area contributed by atoms with E-state index in [0.29, 0.717) is 58.8 Å². The van der Waals surface area contributed by atoms with Crippen molar-refractivity contribution in [3.05, 3.63) is 143 Å². The average Bonchev–Trinajstić information content (AvgIpc) is 0.936. The van der Waals surface area contributed by atoms with Crippen molar-refractivity contribution in [3.8, 4) is 0 Å². The van der Waals surface area contributed by atoms with Crippen LogP contribution in [-0.4, -0.2) is 202 Å². The number of likely N-dealkylation sites (tertiary alicyclic amines) is 1. The van der Waals surface area contributed by atoms with Gasteiger partial charge in [0, 0.05) is 81.8 Å². The predicted molar refractivity (Wildman–Crippen MR) is 409 cm³/mol. The van der Waals surface area contributed by atoms with E-state index in [1.807, 2.05) is 55.6 Å². The Balaban J connectivity index is 1.18. The van der Waals surface area contributed by atoms with Crippen LogP contribution in [0.2, 0.25) is 5.02 Å². The number of aromatic nitrogens is 1. The highest BCUT2D eigenvalue weighted by atomic mass is 35.5. The largest absolute Gasteiger partial charge is 0.394 e. The Morgan fingerprint density at radius 2 is 1.11 bits per heavy atom. The second-order valence-electron chi connectivity index (χ2n) is 28.3. The van der Waals surface area contributed by atoms with Crippen molar-refractivity contribution in [3.63, 3.8) is 0 Å². The predicted octanol–water partition coefficient (Wildman–Crippen LogP) is -0.0825. The summed E-state index contributed by atoms with van der Waals surface area (Å²) in [6.45, 7) is 10.1.